The van der Waals surface area contributed by atoms with Crippen molar-refractivity contribution in [1.82, 2.24) is 0 Å². The molecule has 0 heterocycles. The molecule has 0 bridgehead atoms. The van der Waals surface area contributed by atoms with Gasteiger partial charge in [0.25, 0.3) is 0 Å². The molecule has 0 saturated carbocycles. The zero-order valence-electron chi connectivity index (χ0n) is 11.5. The summed E-state index contributed by atoms with van der Waals surface area (Å²) in [6.07, 6.45) is -0.0238. The molecule has 0 aliphatic rings. The van der Waals surface area contributed by atoms with Crippen LogP contribution in [0.1, 0.15) is 25.3 Å². The van der Waals surface area contributed by atoms with Gasteiger partial charge >= 0.3 is 5.97 Å². The number of hydrogen-bond acceptors (Lipinski definition) is 4. The minimum absolute atomic E-state index is 0.106. The lowest BCUT2D eigenvalue weighted by Gasteiger charge is -2.14. The van der Waals surface area contributed by atoms with Crippen LogP contribution in [-0.2, 0) is 20.9 Å². The molecule has 1 aromatic carbocycles. The largest absolute Gasteiger partial charge is 0.481 e. The normalized spacial score (nSPS) is 11.9. The van der Waals surface area contributed by atoms with Gasteiger partial charge in [0.15, 0.2) is 0 Å². The first kappa shape index (κ1) is 16.1. The number of anilines is 1. The van der Waals surface area contributed by atoms with E-state index in [1.165, 1.54) is 0 Å². The van der Waals surface area contributed by atoms with E-state index >= 15 is 0 Å². The van der Waals surface area contributed by atoms with Crippen LogP contribution in [0.25, 0.3) is 0 Å². The van der Waals surface area contributed by atoms with Gasteiger partial charge in [-0.2, -0.15) is 0 Å². The summed E-state index contributed by atoms with van der Waals surface area (Å²) in [6, 6.07) is 6.43. The third-order valence-electron chi connectivity index (χ3n) is 2.74. The summed E-state index contributed by atoms with van der Waals surface area (Å²) >= 11 is 0. The number of rotatable bonds is 8. The van der Waals surface area contributed by atoms with Gasteiger partial charge in [-0.25, -0.2) is 0 Å². The molecule has 1 unspecified atom stereocenters. The molecule has 0 aliphatic heterocycles. The Morgan fingerprint density at radius 2 is 2.10 bits per heavy atom. The van der Waals surface area contributed by atoms with Crippen molar-refractivity contribution in [2.45, 2.75) is 32.4 Å². The summed E-state index contributed by atoms with van der Waals surface area (Å²) in [6.45, 7) is 2.88. The van der Waals surface area contributed by atoms with E-state index in [-0.39, 0.29) is 12.8 Å². The Morgan fingerprint density at radius 1 is 1.40 bits per heavy atom. The first-order chi connectivity index (χ1) is 9.54. The predicted molar refractivity (Wildman–Crippen MR) is 75.2 cm³/mol. The lowest BCUT2D eigenvalue weighted by Crippen LogP contribution is -2.36. The van der Waals surface area contributed by atoms with Gasteiger partial charge in [-0.15, -0.1) is 0 Å². The summed E-state index contributed by atoms with van der Waals surface area (Å²) in [5, 5.41) is 11.3. The van der Waals surface area contributed by atoms with Gasteiger partial charge in [-0.1, -0.05) is 18.2 Å². The maximum Gasteiger partial charge on any atom is 0.303 e. The van der Waals surface area contributed by atoms with Crippen LogP contribution >= 0.6 is 0 Å². The van der Waals surface area contributed by atoms with Gasteiger partial charge in [0, 0.05) is 24.3 Å². The van der Waals surface area contributed by atoms with E-state index in [9.17, 15) is 9.59 Å². The Bertz CT molecular complexity index is 462. The van der Waals surface area contributed by atoms with Crippen molar-refractivity contribution in [3.63, 3.8) is 0 Å². The van der Waals surface area contributed by atoms with Crippen molar-refractivity contribution >= 4 is 17.6 Å². The number of para-hydroxylation sites is 1. The number of hydrogen-bond donors (Lipinski definition) is 3. The highest BCUT2D eigenvalue weighted by Crippen LogP contribution is 2.16. The fourth-order valence-corrected chi connectivity index (χ4v) is 1.62. The minimum atomic E-state index is -0.968. The van der Waals surface area contributed by atoms with E-state index in [4.69, 9.17) is 15.6 Å². The lowest BCUT2D eigenvalue weighted by atomic mass is 10.1. The number of amides is 1. The van der Waals surface area contributed by atoms with Crippen LogP contribution in [0.3, 0.4) is 0 Å². The molecule has 0 radical (unpaired) electrons. The van der Waals surface area contributed by atoms with Crippen LogP contribution in [0.2, 0.25) is 0 Å². The van der Waals surface area contributed by atoms with E-state index in [1.807, 2.05) is 19.1 Å². The molecule has 0 fully saturated rings. The summed E-state index contributed by atoms with van der Waals surface area (Å²) in [5.74, 6) is -1.36. The molecule has 6 nitrogen and oxygen atoms in total. The molecule has 1 amide bonds. The first-order valence-electron chi connectivity index (χ1n) is 6.48. The van der Waals surface area contributed by atoms with Crippen molar-refractivity contribution in [1.29, 1.82) is 0 Å². The molecule has 1 rings (SSSR count). The number of benzene rings is 1. The molecule has 1 aromatic rings. The van der Waals surface area contributed by atoms with Crippen molar-refractivity contribution in [2.75, 3.05) is 11.9 Å². The van der Waals surface area contributed by atoms with Crippen LogP contribution in [-0.4, -0.2) is 29.6 Å². The van der Waals surface area contributed by atoms with Gasteiger partial charge in [0.2, 0.25) is 5.91 Å². The quantitative estimate of drug-likeness (QED) is 0.667. The number of nitrogens with two attached hydrogens (primary N) is 1. The minimum Gasteiger partial charge on any atom is -0.481 e. The van der Waals surface area contributed by atoms with Gasteiger partial charge in [-0.05, 0) is 19.4 Å². The smallest absolute Gasteiger partial charge is 0.303 e. The second-order valence-electron chi connectivity index (χ2n) is 4.32. The Hall–Kier alpha value is -1.92. The Balaban J connectivity index is 2.62. The zero-order chi connectivity index (χ0) is 15.0. The number of carbonyl (C=O) groups is 2. The highest BCUT2D eigenvalue weighted by Gasteiger charge is 2.16. The van der Waals surface area contributed by atoms with E-state index in [0.29, 0.717) is 18.9 Å². The molecular weight excluding hydrogens is 260 g/mol. The fourth-order valence-electron chi connectivity index (χ4n) is 1.62. The van der Waals surface area contributed by atoms with Crippen LogP contribution in [0.15, 0.2) is 24.3 Å². The summed E-state index contributed by atoms with van der Waals surface area (Å²) in [5.41, 5.74) is 7.15. The van der Waals surface area contributed by atoms with Crippen molar-refractivity contribution < 1.29 is 19.4 Å². The molecule has 20 heavy (non-hydrogen) atoms. The maximum atomic E-state index is 11.9. The third-order valence-corrected chi connectivity index (χ3v) is 2.74. The molecule has 0 aliphatic carbocycles. The van der Waals surface area contributed by atoms with E-state index in [2.05, 4.69) is 5.32 Å². The Kier molecular flexibility index (Phi) is 6.69. The predicted octanol–water partition coefficient (Wildman–Crippen LogP) is 1.35. The first-order valence-corrected chi connectivity index (χ1v) is 6.48. The molecule has 0 spiro atoms. The fraction of sp³-hybridized carbons (Fsp3) is 0.429. The van der Waals surface area contributed by atoms with Crippen molar-refractivity contribution in [3.8, 4) is 0 Å². The van der Waals surface area contributed by atoms with Crippen LogP contribution in [0.4, 0.5) is 5.69 Å². The Morgan fingerprint density at radius 3 is 2.75 bits per heavy atom. The van der Waals surface area contributed by atoms with E-state index in [0.717, 1.165) is 5.56 Å². The maximum absolute atomic E-state index is 11.9. The number of aliphatic carboxylic acids is 1. The number of carboxylic acids is 1. The number of nitrogens with one attached hydrogen (secondary N) is 1. The number of carboxylic acid groups (broad SMARTS) is 1. The van der Waals surface area contributed by atoms with Gasteiger partial charge in [0.05, 0.1) is 12.6 Å². The molecule has 4 N–H and O–H groups in total. The molecule has 110 valence electrons. The van der Waals surface area contributed by atoms with E-state index < -0.39 is 17.9 Å². The van der Waals surface area contributed by atoms with Crippen LogP contribution in [0, 0.1) is 0 Å². The number of ether oxygens (including phenoxy) is 1. The Labute approximate surface area is 117 Å². The number of carbonyl (C=O) groups excluding carboxylic acids is 1. The molecule has 0 saturated heterocycles. The second-order valence-corrected chi connectivity index (χ2v) is 4.32. The molecule has 6 heteroatoms. The monoisotopic (exact) mass is 280 g/mol. The average molecular weight is 280 g/mol. The highest BCUT2D eigenvalue weighted by molar-refractivity contribution is 5.95. The van der Waals surface area contributed by atoms with Crippen molar-refractivity contribution in [3.05, 3.63) is 29.8 Å². The lowest BCUT2D eigenvalue weighted by molar-refractivity contribution is -0.137. The molecule has 1 atom stereocenters. The third kappa shape index (κ3) is 5.38. The van der Waals surface area contributed by atoms with Gasteiger partial charge in [-0.3, -0.25) is 9.59 Å². The molecule has 0 aromatic heterocycles. The second kappa shape index (κ2) is 8.29. The topological polar surface area (TPSA) is 102 Å². The highest BCUT2D eigenvalue weighted by atomic mass is 16.5. The molecular formula is C14H20N2O4. The average Bonchev–Trinajstić information content (AvgIpc) is 2.43. The van der Waals surface area contributed by atoms with Crippen molar-refractivity contribution in [2.24, 2.45) is 5.73 Å². The summed E-state index contributed by atoms with van der Waals surface area (Å²) in [7, 11) is 0. The zero-order valence-corrected chi connectivity index (χ0v) is 11.5. The standard InChI is InChI=1S/C14H20N2O4/c1-2-20-9-10-5-3-4-6-12(10)16-14(19)11(15)7-8-13(17)18/h3-6,11H,2,7-9,15H2,1H3,(H,16,19)(H,17,18). The van der Waals surface area contributed by atoms with Gasteiger partial charge in [0.1, 0.15) is 0 Å². The SMILES string of the molecule is CCOCc1ccccc1NC(=O)C(N)CCC(=O)O. The van der Waals surface area contributed by atoms with Crippen LogP contribution < -0.4 is 11.1 Å². The summed E-state index contributed by atoms with van der Waals surface area (Å²) < 4.78 is 5.32. The van der Waals surface area contributed by atoms with Crippen LogP contribution in [0.5, 0.6) is 0 Å². The van der Waals surface area contributed by atoms with Gasteiger partial charge < -0.3 is 20.9 Å². The summed E-state index contributed by atoms with van der Waals surface area (Å²) in [4.78, 5) is 22.3. The van der Waals surface area contributed by atoms with E-state index in [1.54, 1.807) is 12.1 Å².